The molecule has 0 saturated heterocycles. The van der Waals surface area contributed by atoms with E-state index in [2.05, 4.69) is 10.6 Å². The summed E-state index contributed by atoms with van der Waals surface area (Å²) in [6.45, 7) is 12.3. The Morgan fingerprint density at radius 2 is 1.71 bits per heavy atom. The fraction of sp³-hybridized carbons (Fsp3) is 0.600. The summed E-state index contributed by atoms with van der Waals surface area (Å²) in [5, 5.41) is 15.9. The summed E-state index contributed by atoms with van der Waals surface area (Å²) in [7, 11) is 0. The Bertz CT molecular complexity index is 965. The van der Waals surface area contributed by atoms with E-state index < -0.39 is 53.5 Å². The van der Waals surface area contributed by atoms with Crippen molar-refractivity contribution in [3.05, 3.63) is 29.8 Å². The van der Waals surface area contributed by atoms with E-state index in [1.165, 1.54) is 11.0 Å². The number of benzene rings is 1. The van der Waals surface area contributed by atoms with Crippen LogP contribution in [0.1, 0.15) is 72.9 Å². The number of alkyl carbamates (subject to hydrolysis) is 1. The molecule has 10 heteroatoms. The van der Waals surface area contributed by atoms with Crippen molar-refractivity contribution >= 4 is 23.8 Å². The minimum absolute atomic E-state index is 0.0745. The first-order chi connectivity index (χ1) is 16.0. The number of primary amides is 1. The molecule has 1 aliphatic carbocycles. The maximum Gasteiger partial charge on any atom is 0.408 e. The number of hydrogen-bond acceptors (Lipinski definition) is 6. The van der Waals surface area contributed by atoms with Crippen LogP contribution >= 0.6 is 0 Å². The molecule has 1 saturated carbocycles. The standard InChI is InChI=1S/C25H38N4O6/c1-14-12-17(14)29(22(33)16(13-19(26)31)27-23(34)35-25(5,6)7)20(21(32)28-24(2,3)4)15-10-8-9-11-18(15)30/h8-11,14,16-17,20,30H,12-13H2,1-7H3,(H2,26,31)(H,27,34)(H,28,32). The van der Waals surface area contributed by atoms with E-state index in [1.54, 1.807) is 59.7 Å². The van der Waals surface area contributed by atoms with E-state index >= 15 is 0 Å². The maximum absolute atomic E-state index is 13.9. The number of rotatable bonds is 8. The maximum atomic E-state index is 13.9. The second-order valence-electron chi connectivity index (χ2n) is 11.1. The van der Waals surface area contributed by atoms with Gasteiger partial charge in [0.05, 0.1) is 6.42 Å². The van der Waals surface area contributed by atoms with E-state index in [9.17, 15) is 24.3 Å². The van der Waals surface area contributed by atoms with Gasteiger partial charge in [-0.3, -0.25) is 14.4 Å². The summed E-state index contributed by atoms with van der Waals surface area (Å²) < 4.78 is 5.26. The molecule has 5 N–H and O–H groups in total. The monoisotopic (exact) mass is 490 g/mol. The number of nitrogens with two attached hydrogens (primary N) is 1. The SMILES string of the molecule is CC1CC1N(C(=O)C(CC(N)=O)NC(=O)OC(C)(C)C)C(C(=O)NC(C)(C)C)c1ccccc1O. The molecular weight excluding hydrogens is 452 g/mol. The lowest BCUT2D eigenvalue weighted by atomic mass is 9.99. The Hall–Kier alpha value is -3.30. The van der Waals surface area contributed by atoms with Gasteiger partial charge in [0.25, 0.3) is 0 Å². The Morgan fingerprint density at radius 1 is 1.14 bits per heavy atom. The lowest BCUT2D eigenvalue weighted by Crippen LogP contribution is -2.56. The zero-order valence-corrected chi connectivity index (χ0v) is 21.5. The van der Waals surface area contributed by atoms with E-state index in [0.29, 0.717) is 6.42 Å². The molecule has 0 heterocycles. The number of phenolic OH excluding ortho intramolecular Hbond substituents is 1. The van der Waals surface area contributed by atoms with Gasteiger partial charge in [-0.1, -0.05) is 25.1 Å². The quantitative estimate of drug-likeness (QED) is 0.439. The average Bonchev–Trinajstić information content (AvgIpc) is 3.38. The molecule has 0 spiro atoms. The number of para-hydroxylation sites is 1. The van der Waals surface area contributed by atoms with Crippen molar-refractivity contribution in [2.75, 3.05) is 0 Å². The van der Waals surface area contributed by atoms with Crippen molar-refractivity contribution in [1.82, 2.24) is 15.5 Å². The summed E-state index contributed by atoms with van der Waals surface area (Å²) in [6.07, 6.45) is -0.752. The Kier molecular flexibility index (Phi) is 8.41. The minimum Gasteiger partial charge on any atom is -0.508 e. The zero-order chi connectivity index (χ0) is 26.7. The highest BCUT2D eigenvalue weighted by Crippen LogP contribution is 2.42. The number of carbonyl (C=O) groups excluding carboxylic acids is 4. The Morgan fingerprint density at radius 3 is 2.17 bits per heavy atom. The van der Waals surface area contributed by atoms with Gasteiger partial charge in [-0.25, -0.2) is 4.79 Å². The second kappa shape index (κ2) is 10.5. The second-order valence-corrected chi connectivity index (χ2v) is 11.1. The Labute approximate surface area is 206 Å². The van der Waals surface area contributed by atoms with Gasteiger partial charge in [-0.2, -0.15) is 0 Å². The Balaban J connectivity index is 2.53. The fourth-order valence-electron chi connectivity index (χ4n) is 3.78. The number of nitrogens with one attached hydrogen (secondary N) is 2. The zero-order valence-electron chi connectivity index (χ0n) is 21.5. The number of ether oxygens (including phenoxy) is 1. The van der Waals surface area contributed by atoms with E-state index in [4.69, 9.17) is 10.5 Å². The topological polar surface area (TPSA) is 151 Å². The largest absolute Gasteiger partial charge is 0.508 e. The smallest absolute Gasteiger partial charge is 0.408 e. The molecule has 0 aliphatic heterocycles. The van der Waals surface area contributed by atoms with Crippen LogP contribution in [0.5, 0.6) is 5.75 Å². The molecule has 4 amide bonds. The van der Waals surface area contributed by atoms with Crippen molar-refractivity contribution in [3.63, 3.8) is 0 Å². The van der Waals surface area contributed by atoms with Gasteiger partial charge in [0.15, 0.2) is 0 Å². The summed E-state index contributed by atoms with van der Waals surface area (Å²) >= 11 is 0. The van der Waals surface area contributed by atoms with Gasteiger partial charge >= 0.3 is 6.09 Å². The molecular formula is C25H38N4O6. The molecule has 0 aromatic heterocycles. The third-order valence-corrected chi connectivity index (χ3v) is 5.33. The normalized spacial score (nSPS) is 19.2. The molecule has 4 atom stereocenters. The summed E-state index contributed by atoms with van der Waals surface area (Å²) in [4.78, 5) is 53.0. The minimum atomic E-state index is -1.36. The molecule has 194 valence electrons. The van der Waals surface area contributed by atoms with Crippen LogP contribution in [0.3, 0.4) is 0 Å². The molecule has 1 aromatic carbocycles. The van der Waals surface area contributed by atoms with Crippen molar-refractivity contribution < 1.29 is 29.0 Å². The highest BCUT2D eigenvalue weighted by molar-refractivity contribution is 5.95. The molecule has 2 rings (SSSR count). The number of amides is 4. The number of nitrogens with zero attached hydrogens (tertiary/aromatic N) is 1. The van der Waals surface area contributed by atoms with Crippen LogP contribution in [-0.4, -0.2) is 57.0 Å². The molecule has 35 heavy (non-hydrogen) atoms. The van der Waals surface area contributed by atoms with E-state index in [0.717, 1.165) is 0 Å². The van der Waals surface area contributed by atoms with Crippen molar-refractivity contribution in [3.8, 4) is 5.75 Å². The number of aromatic hydroxyl groups is 1. The molecule has 0 bridgehead atoms. The third kappa shape index (κ3) is 8.15. The number of carbonyl (C=O) groups is 4. The molecule has 0 radical (unpaired) electrons. The van der Waals surface area contributed by atoms with Crippen LogP contribution in [0.2, 0.25) is 0 Å². The summed E-state index contributed by atoms with van der Waals surface area (Å²) in [5.74, 6) is -2.05. The van der Waals surface area contributed by atoms with Gasteiger partial charge < -0.3 is 31.1 Å². The molecule has 1 aromatic rings. The van der Waals surface area contributed by atoms with Crippen LogP contribution in [0.25, 0.3) is 0 Å². The van der Waals surface area contributed by atoms with Crippen molar-refractivity contribution in [1.29, 1.82) is 0 Å². The molecule has 10 nitrogen and oxygen atoms in total. The fourth-order valence-corrected chi connectivity index (χ4v) is 3.78. The van der Waals surface area contributed by atoms with Gasteiger partial charge in [0, 0.05) is 17.1 Å². The molecule has 1 aliphatic rings. The predicted octanol–water partition coefficient (Wildman–Crippen LogP) is 2.35. The van der Waals surface area contributed by atoms with Gasteiger partial charge in [-0.05, 0) is 59.9 Å². The van der Waals surface area contributed by atoms with E-state index in [1.807, 2.05) is 6.92 Å². The third-order valence-electron chi connectivity index (χ3n) is 5.33. The van der Waals surface area contributed by atoms with Gasteiger partial charge in [0.2, 0.25) is 17.7 Å². The van der Waals surface area contributed by atoms with Crippen molar-refractivity contribution in [2.24, 2.45) is 11.7 Å². The van der Waals surface area contributed by atoms with E-state index in [-0.39, 0.29) is 23.3 Å². The van der Waals surface area contributed by atoms with Gasteiger partial charge in [-0.15, -0.1) is 0 Å². The molecule has 4 unspecified atom stereocenters. The molecule has 1 fully saturated rings. The highest BCUT2D eigenvalue weighted by Gasteiger charge is 2.49. The van der Waals surface area contributed by atoms with Crippen LogP contribution in [0.4, 0.5) is 4.79 Å². The first-order valence-electron chi connectivity index (χ1n) is 11.7. The van der Waals surface area contributed by atoms with Gasteiger partial charge in [0.1, 0.15) is 23.4 Å². The summed E-state index contributed by atoms with van der Waals surface area (Å²) in [6, 6.07) is 3.38. The number of phenols is 1. The average molecular weight is 491 g/mol. The first kappa shape index (κ1) is 27.9. The van der Waals surface area contributed by atoms with Crippen molar-refractivity contribution in [2.45, 2.75) is 90.6 Å². The predicted molar refractivity (Wildman–Crippen MR) is 130 cm³/mol. The lowest BCUT2D eigenvalue weighted by Gasteiger charge is -2.36. The van der Waals surface area contributed by atoms with Crippen LogP contribution in [0.15, 0.2) is 24.3 Å². The van der Waals surface area contributed by atoms with Crippen LogP contribution < -0.4 is 16.4 Å². The highest BCUT2D eigenvalue weighted by atomic mass is 16.6. The first-order valence-corrected chi connectivity index (χ1v) is 11.7. The van der Waals surface area contributed by atoms with Crippen LogP contribution in [0, 0.1) is 5.92 Å². The number of hydrogen-bond donors (Lipinski definition) is 4. The van der Waals surface area contributed by atoms with Crippen LogP contribution in [-0.2, 0) is 19.1 Å². The lowest BCUT2D eigenvalue weighted by molar-refractivity contribution is -0.144. The summed E-state index contributed by atoms with van der Waals surface area (Å²) in [5.41, 5.74) is 4.17.